The number of halogens is 3. The van der Waals surface area contributed by atoms with Crippen molar-refractivity contribution in [2.24, 2.45) is 5.41 Å². The van der Waals surface area contributed by atoms with E-state index < -0.39 is 18.2 Å². The first-order valence-electron chi connectivity index (χ1n) is 10.6. The number of hydrogen-bond donors (Lipinski definition) is 1. The second-order valence-corrected chi connectivity index (χ2v) is 8.97. The van der Waals surface area contributed by atoms with Gasteiger partial charge in [-0.2, -0.15) is 8.78 Å². The van der Waals surface area contributed by atoms with Gasteiger partial charge in [-0.1, -0.05) is 27.7 Å². The molecule has 32 heavy (non-hydrogen) atoms. The summed E-state index contributed by atoms with van der Waals surface area (Å²) in [4.78, 5) is 16.5. The Bertz CT molecular complexity index is 978. The van der Waals surface area contributed by atoms with Crippen molar-refractivity contribution in [2.45, 2.75) is 67.4 Å². The van der Waals surface area contributed by atoms with Crippen molar-refractivity contribution in [3.63, 3.8) is 0 Å². The number of aromatic nitrogens is 1. The number of aryl methyl sites for hydroxylation is 1. The average Bonchev–Trinajstić information content (AvgIpc) is 2.69. The van der Waals surface area contributed by atoms with Crippen LogP contribution in [0.3, 0.4) is 0 Å². The number of hydrogen-bond acceptors (Lipinski definition) is 3. The maximum absolute atomic E-state index is 14.3. The summed E-state index contributed by atoms with van der Waals surface area (Å²) in [5, 5.41) is 2.81. The molecule has 1 heterocycles. The molecule has 0 bridgehead atoms. The Morgan fingerprint density at radius 2 is 1.91 bits per heavy atom. The van der Waals surface area contributed by atoms with Gasteiger partial charge in [0.15, 0.2) is 11.6 Å². The molecule has 0 aliphatic carbocycles. The van der Waals surface area contributed by atoms with Gasteiger partial charge in [-0.05, 0) is 84.2 Å². The third-order valence-electron chi connectivity index (χ3n) is 5.19. The smallest absolute Gasteiger partial charge is 0.387 e. The fourth-order valence-corrected chi connectivity index (χ4v) is 3.43. The lowest BCUT2D eigenvalue weighted by atomic mass is 9.90. The lowest BCUT2D eigenvalue weighted by Gasteiger charge is -2.17. The number of anilines is 1. The van der Waals surface area contributed by atoms with Crippen molar-refractivity contribution < 1.29 is 22.7 Å². The number of amides is 1. The number of benzene rings is 1. The molecule has 0 saturated carbocycles. The maximum atomic E-state index is 14.3. The summed E-state index contributed by atoms with van der Waals surface area (Å²) in [6.07, 6.45) is 3.51. The molecule has 2 rings (SSSR count). The van der Waals surface area contributed by atoms with Crippen molar-refractivity contribution >= 4 is 22.9 Å². The third-order valence-corrected chi connectivity index (χ3v) is 5.19. The van der Waals surface area contributed by atoms with E-state index in [0.29, 0.717) is 29.8 Å². The van der Waals surface area contributed by atoms with E-state index in [1.165, 1.54) is 12.1 Å². The molecule has 1 amide bonds. The molecular weight excluding hydrogens is 417 g/mol. The Labute approximate surface area is 187 Å². The quantitative estimate of drug-likeness (QED) is 0.463. The average molecular weight is 449 g/mol. The van der Waals surface area contributed by atoms with Gasteiger partial charge in [-0.15, -0.1) is 0 Å². The third kappa shape index (κ3) is 7.11. The van der Waals surface area contributed by atoms with Crippen LogP contribution < -0.4 is 10.1 Å². The van der Waals surface area contributed by atoms with Crippen LogP contribution in [0.4, 0.5) is 19.0 Å². The Balaban J connectivity index is 2.26. The van der Waals surface area contributed by atoms with E-state index in [1.54, 1.807) is 19.2 Å². The summed E-state index contributed by atoms with van der Waals surface area (Å²) in [5.41, 5.74) is 3.91. The number of alkyl halides is 2. The Morgan fingerprint density at radius 1 is 1.22 bits per heavy atom. The number of carbonyl (C=O) groups excluding carboxylic acids is 1. The molecule has 1 N–H and O–H groups in total. The minimum absolute atomic E-state index is 0.0777. The first-order chi connectivity index (χ1) is 14.9. The normalized spacial score (nSPS) is 12.6. The van der Waals surface area contributed by atoms with E-state index in [1.807, 2.05) is 19.9 Å². The van der Waals surface area contributed by atoms with Crippen molar-refractivity contribution in [2.75, 3.05) is 5.32 Å². The lowest BCUT2D eigenvalue weighted by molar-refractivity contribution is -0.116. The number of ether oxygens (including phenoxy) is 1. The number of carbonyl (C=O) groups is 1. The van der Waals surface area contributed by atoms with Crippen LogP contribution in [0.1, 0.15) is 70.6 Å². The number of pyridine rings is 1. The highest BCUT2D eigenvalue weighted by molar-refractivity contribution is 5.92. The largest absolute Gasteiger partial charge is 0.432 e. The zero-order valence-corrected chi connectivity index (χ0v) is 19.5. The summed E-state index contributed by atoms with van der Waals surface area (Å²) in [6, 6.07) is 6.09. The van der Waals surface area contributed by atoms with Crippen LogP contribution in [0.5, 0.6) is 5.75 Å². The molecule has 7 heteroatoms. The zero-order valence-electron chi connectivity index (χ0n) is 19.5. The molecule has 1 aromatic heterocycles. The first kappa shape index (κ1) is 25.4. The Kier molecular flexibility index (Phi) is 8.47. The van der Waals surface area contributed by atoms with Crippen molar-refractivity contribution in [3.8, 4) is 5.75 Å². The molecule has 1 aromatic carbocycles. The van der Waals surface area contributed by atoms with Gasteiger partial charge < -0.3 is 10.1 Å². The molecule has 0 radical (unpaired) electrons. The first-order valence-corrected chi connectivity index (χ1v) is 10.6. The molecule has 0 spiro atoms. The lowest BCUT2D eigenvalue weighted by Crippen LogP contribution is -2.16. The summed E-state index contributed by atoms with van der Waals surface area (Å²) >= 11 is 0. The van der Waals surface area contributed by atoms with Gasteiger partial charge in [0.1, 0.15) is 5.82 Å². The Hall–Kier alpha value is -2.83. The van der Waals surface area contributed by atoms with E-state index in [9.17, 15) is 18.0 Å². The molecule has 0 aliphatic heterocycles. The number of allylic oxidation sites excluding steroid dienone is 2. The van der Waals surface area contributed by atoms with Crippen LogP contribution in [-0.2, 0) is 4.79 Å². The van der Waals surface area contributed by atoms with Gasteiger partial charge in [-0.3, -0.25) is 4.79 Å². The highest BCUT2D eigenvalue weighted by atomic mass is 19.3. The number of nitrogens with zero attached hydrogens (tertiary/aromatic N) is 1. The van der Waals surface area contributed by atoms with E-state index in [-0.39, 0.29) is 11.3 Å². The zero-order chi connectivity index (χ0) is 24.1. The topological polar surface area (TPSA) is 51.2 Å². The monoisotopic (exact) mass is 448 g/mol. The predicted octanol–water partition coefficient (Wildman–Crippen LogP) is 7.24. The van der Waals surface area contributed by atoms with E-state index in [2.05, 4.69) is 35.8 Å². The second-order valence-electron chi connectivity index (χ2n) is 8.97. The van der Waals surface area contributed by atoms with Crippen LogP contribution in [0.15, 0.2) is 30.5 Å². The molecule has 4 nitrogen and oxygen atoms in total. The van der Waals surface area contributed by atoms with Gasteiger partial charge in [-0.25, -0.2) is 9.37 Å². The van der Waals surface area contributed by atoms with Crippen molar-refractivity contribution in [3.05, 3.63) is 53.0 Å². The standard InChI is InChI=1S/C25H31F3N2O2/c1-7-18(16(3)19-13-20(26)21(12-15(19)2)32-24(27)28)17-8-9-22(29-14-17)30-23(31)10-11-25(4,5)6/h8-9,12-14,24H,7,10-11H2,1-6H3,(H,29,30,31)/b18-16+. The molecule has 0 unspecified atom stereocenters. The molecule has 174 valence electrons. The van der Waals surface area contributed by atoms with Gasteiger partial charge in [0, 0.05) is 12.6 Å². The van der Waals surface area contributed by atoms with Gasteiger partial charge in [0.2, 0.25) is 5.91 Å². The van der Waals surface area contributed by atoms with Gasteiger partial charge >= 0.3 is 6.61 Å². The molecular formula is C25H31F3N2O2. The summed E-state index contributed by atoms with van der Waals surface area (Å²) in [6.45, 7) is 8.72. The summed E-state index contributed by atoms with van der Waals surface area (Å²) in [7, 11) is 0. The molecule has 2 aromatic rings. The highest BCUT2D eigenvalue weighted by Gasteiger charge is 2.16. The van der Waals surface area contributed by atoms with Crippen LogP contribution in [-0.4, -0.2) is 17.5 Å². The van der Waals surface area contributed by atoms with Gasteiger partial charge in [0.05, 0.1) is 0 Å². The van der Waals surface area contributed by atoms with E-state index >= 15 is 0 Å². The van der Waals surface area contributed by atoms with E-state index in [4.69, 9.17) is 0 Å². The fraction of sp³-hybridized carbons (Fsp3) is 0.440. The van der Waals surface area contributed by atoms with Crippen LogP contribution in [0.25, 0.3) is 11.1 Å². The van der Waals surface area contributed by atoms with Gasteiger partial charge in [0.25, 0.3) is 0 Å². The van der Waals surface area contributed by atoms with Crippen LogP contribution in [0, 0.1) is 18.2 Å². The summed E-state index contributed by atoms with van der Waals surface area (Å²) in [5.74, 6) is -0.927. The second kappa shape index (κ2) is 10.7. The van der Waals surface area contributed by atoms with Crippen molar-refractivity contribution in [1.82, 2.24) is 4.98 Å². The highest BCUT2D eigenvalue weighted by Crippen LogP contribution is 2.33. The van der Waals surface area contributed by atoms with E-state index in [0.717, 1.165) is 23.1 Å². The molecule has 0 aliphatic rings. The van der Waals surface area contributed by atoms with Crippen LogP contribution in [0.2, 0.25) is 0 Å². The van der Waals surface area contributed by atoms with Crippen molar-refractivity contribution in [1.29, 1.82) is 0 Å². The minimum Gasteiger partial charge on any atom is -0.432 e. The number of rotatable bonds is 8. The SMILES string of the molecule is CC/C(=C(/C)c1cc(F)c(OC(F)F)cc1C)c1ccc(NC(=O)CCC(C)(C)C)nc1. The summed E-state index contributed by atoms with van der Waals surface area (Å²) < 4.78 is 43.5. The Morgan fingerprint density at radius 3 is 2.44 bits per heavy atom. The number of nitrogens with one attached hydrogen (secondary N) is 1. The fourth-order valence-electron chi connectivity index (χ4n) is 3.43. The predicted molar refractivity (Wildman–Crippen MR) is 122 cm³/mol. The molecule has 0 fully saturated rings. The molecule has 0 saturated heterocycles. The molecule has 0 atom stereocenters. The minimum atomic E-state index is -3.09. The maximum Gasteiger partial charge on any atom is 0.387 e. The van der Waals surface area contributed by atoms with Crippen LogP contribution >= 0.6 is 0 Å².